The van der Waals surface area contributed by atoms with Crippen molar-refractivity contribution in [2.24, 2.45) is 4.99 Å². The van der Waals surface area contributed by atoms with Crippen LogP contribution in [0.2, 0.25) is 0 Å². The Morgan fingerprint density at radius 3 is 2.75 bits per heavy atom. The Morgan fingerprint density at radius 2 is 2.07 bits per heavy atom. The number of carbonyl (C=O) groups excluding carboxylic acids is 1. The molecule has 0 saturated carbocycles. The highest BCUT2D eigenvalue weighted by atomic mass is 16.5. The van der Waals surface area contributed by atoms with Crippen molar-refractivity contribution in [2.45, 2.75) is 13.5 Å². The van der Waals surface area contributed by atoms with Gasteiger partial charge >= 0.3 is 0 Å². The normalized spacial score (nSPS) is 15.2. The summed E-state index contributed by atoms with van der Waals surface area (Å²) in [6.07, 6.45) is 0. The van der Waals surface area contributed by atoms with Crippen LogP contribution in [0.1, 0.15) is 18.1 Å². The van der Waals surface area contributed by atoms with E-state index in [1.165, 1.54) is 0 Å². The molecule has 1 saturated heterocycles. The molecule has 8 heteroatoms. The summed E-state index contributed by atoms with van der Waals surface area (Å²) in [5.41, 5.74) is 1.66. The van der Waals surface area contributed by atoms with Crippen molar-refractivity contribution < 1.29 is 9.53 Å². The Morgan fingerprint density at radius 1 is 1.29 bits per heavy atom. The monoisotopic (exact) mass is 386 g/mol. The second kappa shape index (κ2) is 12.0. The fourth-order valence-electron chi connectivity index (χ4n) is 3.00. The van der Waals surface area contributed by atoms with Gasteiger partial charge in [0.25, 0.3) is 0 Å². The minimum atomic E-state index is 0.0310. The van der Waals surface area contributed by atoms with Gasteiger partial charge in [-0.25, -0.2) is 4.99 Å². The van der Waals surface area contributed by atoms with Crippen LogP contribution in [0.5, 0.6) is 0 Å². The average molecular weight is 387 g/mol. The molecule has 0 bridgehead atoms. The number of nitrogens with zero attached hydrogens (tertiary/aromatic N) is 4. The molecular weight excluding hydrogens is 356 g/mol. The number of nitrogens with one attached hydrogen (secondary N) is 2. The molecule has 0 atom stereocenters. The number of rotatable bonds is 8. The molecule has 1 amide bonds. The van der Waals surface area contributed by atoms with Crippen molar-refractivity contribution in [1.82, 2.24) is 20.4 Å². The van der Waals surface area contributed by atoms with Crippen LogP contribution in [-0.2, 0) is 16.1 Å². The molecule has 0 spiro atoms. The SMILES string of the molecule is CCNC(=NCc1cccc(C#N)c1)N1CCN(CC(=O)NCCOC)CC1. The summed E-state index contributed by atoms with van der Waals surface area (Å²) in [6.45, 7) is 8.10. The zero-order valence-electron chi connectivity index (χ0n) is 16.8. The van der Waals surface area contributed by atoms with E-state index in [4.69, 9.17) is 15.0 Å². The van der Waals surface area contributed by atoms with Crippen LogP contribution in [0.15, 0.2) is 29.3 Å². The number of piperazine rings is 1. The second-order valence-corrected chi connectivity index (χ2v) is 6.59. The molecular formula is C20H30N6O2. The third-order valence-electron chi connectivity index (χ3n) is 4.47. The van der Waals surface area contributed by atoms with Crippen LogP contribution in [0.25, 0.3) is 0 Å². The number of guanidine groups is 1. The van der Waals surface area contributed by atoms with Crippen LogP contribution < -0.4 is 10.6 Å². The van der Waals surface area contributed by atoms with Gasteiger partial charge in [0.15, 0.2) is 5.96 Å². The summed E-state index contributed by atoms with van der Waals surface area (Å²) in [5.74, 6) is 0.900. The van der Waals surface area contributed by atoms with Gasteiger partial charge in [0, 0.05) is 46.4 Å². The van der Waals surface area contributed by atoms with E-state index in [0.717, 1.165) is 44.2 Å². The van der Waals surface area contributed by atoms with Gasteiger partial charge in [-0.05, 0) is 24.6 Å². The lowest BCUT2D eigenvalue weighted by Gasteiger charge is -2.36. The first-order chi connectivity index (χ1) is 13.7. The van der Waals surface area contributed by atoms with Crippen LogP contribution in [0, 0.1) is 11.3 Å². The highest BCUT2D eigenvalue weighted by Crippen LogP contribution is 2.07. The maximum atomic E-state index is 11.9. The van der Waals surface area contributed by atoms with Gasteiger partial charge in [-0.15, -0.1) is 0 Å². The molecule has 1 heterocycles. The number of benzene rings is 1. The Bertz CT molecular complexity index is 692. The summed E-state index contributed by atoms with van der Waals surface area (Å²) in [7, 11) is 1.62. The summed E-state index contributed by atoms with van der Waals surface area (Å²) in [5, 5.41) is 15.2. The maximum Gasteiger partial charge on any atom is 0.234 e. The number of carbonyl (C=O) groups is 1. The van der Waals surface area contributed by atoms with Crippen molar-refractivity contribution in [1.29, 1.82) is 5.26 Å². The van der Waals surface area contributed by atoms with E-state index < -0.39 is 0 Å². The zero-order chi connectivity index (χ0) is 20.2. The molecule has 0 aliphatic carbocycles. The van der Waals surface area contributed by atoms with Gasteiger partial charge in [0.05, 0.1) is 31.3 Å². The largest absolute Gasteiger partial charge is 0.383 e. The van der Waals surface area contributed by atoms with E-state index in [1.54, 1.807) is 13.2 Å². The van der Waals surface area contributed by atoms with E-state index in [0.29, 0.717) is 31.8 Å². The Kier molecular flexibility index (Phi) is 9.25. The smallest absolute Gasteiger partial charge is 0.234 e. The molecule has 1 aliphatic rings. The van der Waals surface area contributed by atoms with Crippen LogP contribution in [-0.4, -0.2) is 81.2 Å². The van der Waals surface area contributed by atoms with Gasteiger partial charge in [-0.3, -0.25) is 9.69 Å². The van der Waals surface area contributed by atoms with E-state index in [-0.39, 0.29) is 5.91 Å². The lowest BCUT2D eigenvalue weighted by atomic mass is 10.1. The molecule has 8 nitrogen and oxygen atoms in total. The number of hydrogen-bond donors (Lipinski definition) is 2. The Hall–Kier alpha value is -2.63. The van der Waals surface area contributed by atoms with Gasteiger partial charge in [0.1, 0.15) is 0 Å². The first-order valence-electron chi connectivity index (χ1n) is 9.66. The van der Waals surface area contributed by atoms with Crippen molar-refractivity contribution >= 4 is 11.9 Å². The minimum Gasteiger partial charge on any atom is -0.383 e. The van der Waals surface area contributed by atoms with Gasteiger partial charge in [-0.1, -0.05) is 12.1 Å². The summed E-state index contributed by atoms with van der Waals surface area (Å²) in [6, 6.07) is 9.69. The molecule has 152 valence electrons. The third kappa shape index (κ3) is 7.18. The zero-order valence-corrected chi connectivity index (χ0v) is 16.8. The molecule has 28 heavy (non-hydrogen) atoms. The standard InChI is InChI=1S/C20H30N6O2/c1-3-22-20(24-15-18-6-4-5-17(13-18)14-21)26-10-8-25(9-11-26)16-19(27)23-7-12-28-2/h4-6,13H,3,7-12,15-16H2,1-2H3,(H,22,24)(H,23,27). The first kappa shape index (κ1) is 21.7. The minimum absolute atomic E-state index is 0.0310. The van der Waals surface area contributed by atoms with Gasteiger partial charge in [0.2, 0.25) is 5.91 Å². The highest BCUT2D eigenvalue weighted by molar-refractivity contribution is 5.80. The fourth-order valence-corrected chi connectivity index (χ4v) is 3.00. The Balaban J connectivity index is 1.86. The lowest BCUT2D eigenvalue weighted by Crippen LogP contribution is -2.54. The van der Waals surface area contributed by atoms with Crippen molar-refractivity contribution in [3.05, 3.63) is 35.4 Å². The van der Waals surface area contributed by atoms with Crippen LogP contribution in [0.3, 0.4) is 0 Å². The number of amides is 1. The lowest BCUT2D eigenvalue weighted by molar-refractivity contribution is -0.122. The molecule has 1 aromatic carbocycles. The maximum absolute atomic E-state index is 11.9. The number of ether oxygens (including phenoxy) is 1. The molecule has 0 radical (unpaired) electrons. The average Bonchev–Trinajstić information content (AvgIpc) is 2.72. The molecule has 1 aliphatic heterocycles. The fraction of sp³-hybridized carbons (Fsp3) is 0.550. The van der Waals surface area contributed by atoms with E-state index in [2.05, 4.69) is 26.5 Å². The Labute approximate surface area is 167 Å². The molecule has 2 rings (SSSR count). The van der Waals surface area contributed by atoms with Crippen LogP contribution in [0.4, 0.5) is 0 Å². The summed E-state index contributed by atoms with van der Waals surface area (Å²) >= 11 is 0. The van der Waals surface area contributed by atoms with Crippen molar-refractivity contribution in [3.63, 3.8) is 0 Å². The molecule has 1 fully saturated rings. The molecule has 0 aromatic heterocycles. The van der Waals surface area contributed by atoms with Crippen molar-refractivity contribution in [3.8, 4) is 6.07 Å². The number of nitriles is 1. The van der Waals surface area contributed by atoms with Gasteiger partial charge < -0.3 is 20.3 Å². The summed E-state index contributed by atoms with van der Waals surface area (Å²) in [4.78, 5) is 21.0. The summed E-state index contributed by atoms with van der Waals surface area (Å²) < 4.78 is 4.94. The highest BCUT2D eigenvalue weighted by Gasteiger charge is 2.21. The quantitative estimate of drug-likeness (QED) is 0.382. The number of hydrogen-bond acceptors (Lipinski definition) is 5. The molecule has 2 N–H and O–H groups in total. The van der Waals surface area contributed by atoms with E-state index >= 15 is 0 Å². The predicted molar refractivity (Wildman–Crippen MR) is 109 cm³/mol. The number of aliphatic imine (C=N–C) groups is 1. The first-order valence-corrected chi connectivity index (χ1v) is 9.66. The van der Waals surface area contributed by atoms with E-state index in [9.17, 15) is 4.79 Å². The van der Waals surface area contributed by atoms with Gasteiger partial charge in [-0.2, -0.15) is 5.26 Å². The topological polar surface area (TPSA) is 93.0 Å². The molecule has 0 unspecified atom stereocenters. The van der Waals surface area contributed by atoms with E-state index in [1.807, 2.05) is 25.1 Å². The number of methoxy groups -OCH3 is 1. The third-order valence-corrected chi connectivity index (χ3v) is 4.47. The van der Waals surface area contributed by atoms with Crippen LogP contribution >= 0.6 is 0 Å². The van der Waals surface area contributed by atoms with Crippen molar-refractivity contribution in [2.75, 3.05) is 59.5 Å². The predicted octanol–water partition coefficient (Wildman–Crippen LogP) is 0.404. The second-order valence-electron chi connectivity index (χ2n) is 6.59. The molecule has 1 aromatic rings.